The van der Waals surface area contributed by atoms with Crippen molar-refractivity contribution in [3.63, 3.8) is 0 Å². The molecule has 0 radical (unpaired) electrons. The van der Waals surface area contributed by atoms with Gasteiger partial charge in [0.2, 0.25) is 0 Å². The van der Waals surface area contributed by atoms with E-state index in [1.165, 1.54) is 12.1 Å². The van der Waals surface area contributed by atoms with Gasteiger partial charge in [-0.3, -0.25) is 0 Å². The fourth-order valence-corrected chi connectivity index (χ4v) is 1.96. The third kappa shape index (κ3) is 2.88. The van der Waals surface area contributed by atoms with Crippen LogP contribution in [0.4, 0.5) is 13.2 Å². The molecule has 92 valence electrons. The lowest BCUT2D eigenvalue weighted by atomic mass is 9.92. The highest BCUT2D eigenvalue weighted by molar-refractivity contribution is 5.66. The molecule has 4 heteroatoms. The van der Waals surface area contributed by atoms with Crippen molar-refractivity contribution >= 4 is 5.57 Å². The summed E-state index contributed by atoms with van der Waals surface area (Å²) in [6.45, 7) is 0. The first kappa shape index (κ1) is 12.2. The van der Waals surface area contributed by atoms with Crippen molar-refractivity contribution in [1.29, 1.82) is 0 Å². The molecule has 2 rings (SSSR count). The second-order valence-electron chi connectivity index (χ2n) is 4.23. The average molecular weight is 242 g/mol. The van der Waals surface area contributed by atoms with Crippen molar-refractivity contribution in [3.8, 4) is 0 Å². The number of allylic oxidation sites excluding steroid dienone is 1. The van der Waals surface area contributed by atoms with Crippen LogP contribution in [0.5, 0.6) is 0 Å². The van der Waals surface area contributed by atoms with Gasteiger partial charge in [0.25, 0.3) is 0 Å². The van der Waals surface area contributed by atoms with Crippen LogP contribution in [0.25, 0.3) is 5.57 Å². The van der Waals surface area contributed by atoms with Crippen molar-refractivity contribution in [3.05, 3.63) is 41.5 Å². The molecule has 0 heterocycles. The maximum Gasteiger partial charge on any atom is 0.416 e. The first-order valence-electron chi connectivity index (χ1n) is 5.51. The quantitative estimate of drug-likeness (QED) is 0.797. The minimum atomic E-state index is -4.28. The zero-order chi connectivity index (χ0) is 12.5. The van der Waals surface area contributed by atoms with E-state index in [9.17, 15) is 18.3 Å². The van der Waals surface area contributed by atoms with Crippen LogP contribution >= 0.6 is 0 Å². The van der Waals surface area contributed by atoms with E-state index < -0.39 is 11.7 Å². The van der Waals surface area contributed by atoms with Crippen LogP contribution in [0.1, 0.15) is 30.4 Å². The van der Waals surface area contributed by atoms with Gasteiger partial charge in [0.15, 0.2) is 0 Å². The van der Waals surface area contributed by atoms with Gasteiger partial charge < -0.3 is 5.11 Å². The Morgan fingerprint density at radius 1 is 1.12 bits per heavy atom. The van der Waals surface area contributed by atoms with E-state index in [0.29, 0.717) is 19.3 Å². The Morgan fingerprint density at radius 2 is 1.76 bits per heavy atom. The van der Waals surface area contributed by atoms with E-state index in [4.69, 9.17) is 0 Å². The van der Waals surface area contributed by atoms with Gasteiger partial charge in [0, 0.05) is 0 Å². The number of hydrogen-bond donors (Lipinski definition) is 1. The zero-order valence-electron chi connectivity index (χ0n) is 9.17. The Hall–Kier alpha value is -1.29. The third-order valence-corrected chi connectivity index (χ3v) is 2.97. The lowest BCUT2D eigenvalue weighted by Gasteiger charge is -2.18. The number of hydrogen-bond acceptors (Lipinski definition) is 1. The maximum atomic E-state index is 12.4. The molecule has 1 N–H and O–H groups in total. The first-order chi connectivity index (χ1) is 7.97. The van der Waals surface area contributed by atoms with E-state index >= 15 is 0 Å². The highest BCUT2D eigenvalue weighted by atomic mass is 19.4. The topological polar surface area (TPSA) is 20.2 Å². The molecular formula is C13H13F3O. The summed E-state index contributed by atoms with van der Waals surface area (Å²) >= 11 is 0. The number of alkyl halides is 3. The molecule has 0 saturated heterocycles. The molecule has 0 amide bonds. The van der Waals surface area contributed by atoms with Crippen LogP contribution in [0, 0.1) is 0 Å². The molecular weight excluding hydrogens is 229 g/mol. The van der Waals surface area contributed by atoms with Gasteiger partial charge in [-0.25, -0.2) is 0 Å². The molecule has 1 aromatic rings. The number of halogens is 3. The molecule has 0 bridgehead atoms. The number of benzene rings is 1. The fourth-order valence-electron chi connectivity index (χ4n) is 1.96. The highest BCUT2D eigenvalue weighted by Crippen LogP contribution is 2.32. The van der Waals surface area contributed by atoms with Gasteiger partial charge in [-0.1, -0.05) is 18.2 Å². The standard InChI is InChI=1S/C13H13F3O/c14-13(15,16)11-5-1-9(2-6-11)10-3-7-12(17)8-4-10/h1-3,5-6,12,17H,4,7-8H2/t12-/m1/s1. The number of aliphatic hydroxyl groups excluding tert-OH is 1. The minimum Gasteiger partial charge on any atom is -0.393 e. The Labute approximate surface area is 97.6 Å². The molecule has 0 fully saturated rings. The summed E-state index contributed by atoms with van der Waals surface area (Å²) in [4.78, 5) is 0. The number of aliphatic hydroxyl groups is 1. The zero-order valence-corrected chi connectivity index (χ0v) is 9.17. The molecule has 0 saturated carbocycles. The van der Waals surface area contributed by atoms with Crippen LogP contribution in [0.15, 0.2) is 30.3 Å². The third-order valence-electron chi connectivity index (χ3n) is 2.97. The highest BCUT2D eigenvalue weighted by Gasteiger charge is 2.30. The van der Waals surface area contributed by atoms with Crippen LogP contribution in [0.3, 0.4) is 0 Å². The summed E-state index contributed by atoms with van der Waals surface area (Å²) in [7, 11) is 0. The summed E-state index contributed by atoms with van der Waals surface area (Å²) in [5.74, 6) is 0. The van der Waals surface area contributed by atoms with E-state index in [-0.39, 0.29) is 6.10 Å². The average Bonchev–Trinajstić information content (AvgIpc) is 2.29. The molecule has 1 aromatic carbocycles. The smallest absolute Gasteiger partial charge is 0.393 e. The summed E-state index contributed by atoms with van der Waals surface area (Å²) in [5.41, 5.74) is 1.20. The normalized spacial score (nSPS) is 21.2. The van der Waals surface area contributed by atoms with E-state index in [1.807, 2.05) is 6.08 Å². The van der Waals surface area contributed by atoms with Crippen LogP contribution < -0.4 is 0 Å². The second kappa shape index (κ2) is 4.53. The van der Waals surface area contributed by atoms with Gasteiger partial charge in [0.05, 0.1) is 11.7 Å². The predicted molar refractivity (Wildman–Crippen MR) is 59.3 cm³/mol. The van der Waals surface area contributed by atoms with Crippen molar-refractivity contribution in [2.24, 2.45) is 0 Å². The maximum absolute atomic E-state index is 12.4. The Balaban J connectivity index is 2.19. The van der Waals surface area contributed by atoms with Crippen molar-refractivity contribution in [2.45, 2.75) is 31.5 Å². The molecule has 1 nitrogen and oxygen atoms in total. The molecule has 0 aliphatic heterocycles. The van der Waals surface area contributed by atoms with E-state index in [1.54, 1.807) is 0 Å². The Bertz CT molecular complexity index is 417. The summed E-state index contributed by atoms with van der Waals surface area (Å²) in [6.07, 6.45) is -0.726. The van der Waals surface area contributed by atoms with Crippen LogP contribution in [-0.4, -0.2) is 11.2 Å². The van der Waals surface area contributed by atoms with Crippen molar-refractivity contribution < 1.29 is 18.3 Å². The Morgan fingerprint density at radius 3 is 2.24 bits per heavy atom. The van der Waals surface area contributed by atoms with Gasteiger partial charge >= 0.3 is 6.18 Å². The molecule has 1 atom stereocenters. The molecule has 0 unspecified atom stereocenters. The van der Waals surface area contributed by atoms with Crippen LogP contribution in [-0.2, 0) is 6.18 Å². The van der Waals surface area contributed by atoms with Crippen molar-refractivity contribution in [2.75, 3.05) is 0 Å². The SMILES string of the molecule is O[C@@H]1CC=C(c2ccc(C(F)(F)F)cc2)CC1. The van der Waals surface area contributed by atoms with Crippen LogP contribution in [0.2, 0.25) is 0 Å². The van der Waals surface area contributed by atoms with Gasteiger partial charge in [-0.05, 0) is 42.5 Å². The molecule has 0 spiro atoms. The van der Waals surface area contributed by atoms with Crippen molar-refractivity contribution in [1.82, 2.24) is 0 Å². The molecule has 1 aliphatic carbocycles. The van der Waals surface area contributed by atoms with Gasteiger partial charge in [-0.15, -0.1) is 0 Å². The fraction of sp³-hybridized carbons (Fsp3) is 0.385. The second-order valence-corrected chi connectivity index (χ2v) is 4.23. The van der Waals surface area contributed by atoms with E-state index in [0.717, 1.165) is 23.3 Å². The Kier molecular flexibility index (Phi) is 3.24. The monoisotopic (exact) mass is 242 g/mol. The first-order valence-corrected chi connectivity index (χ1v) is 5.51. The van der Waals surface area contributed by atoms with Gasteiger partial charge in [0.1, 0.15) is 0 Å². The molecule has 0 aromatic heterocycles. The number of rotatable bonds is 1. The summed E-state index contributed by atoms with van der Waals surface area (Å²) in [5, 5.41) is 9.33. The predicted octanol–water partition coefficient (Wildman–Crippen LogP) is 3.63. The van der Waals surface area contributed by atoms with Gasteiger partial charge in [-0.2, -0.15) is 13.2 Å². The molecule has 17 heavy (non-hydrogen) atoms. The minimum absolute atomic E-state index is 0.312. The lowest BCUT2D eigenvalue weighted by molar-refractivity contribution is -0.137. The van der Waals surface area contributed by atoms with E-state index in [2.05, 4.69) is 0 Å². The molecule has 1 aliphatic rings. The largest absolute Gasteiger partial charge is 0.416 e. The summed E-state index contributed by atoms with van der Waals surface area (Å²) in [6, 6.07) is 5.18. The lowest BCUT2D eigenvalue weighted by Crippen LogP contribution is -2.10. The summed E-state index contributed by atoms with van der Waals surface area (Å²) < 4.78 is 37.1.